The molecule has 3 aliphatic heterocycles. The molecule has 1 aromatic heterocycles. The van der Waals surface area contributed by atoms with E-state index in [1.54, 1.807) is 11.8 Å². The predicted octanol–water partition coefficient (Wildman–Crippen LogP) is 3.15. The first kappa shape index (κ1) is 23.8. The molecule has 182 valence electrons. The molecule has 0 N–H and O–H groups in total. The predicted molar refractivity (Wildman–Crippen MR) is 133 cm³/mol. The molecule has 0 bridgehead atoms. The van der Waals surface area contributed by atoms with Crippen LogP contribution in [0.5, 0.6) is 0 Å². The average molecular weight is 504 g/mol. The van der Waals surface area contributed by atoms with Crippen molar-refractivity contribution in [3.8, 4) is 0 Å². The Balaban J connectivity index is 1.16. The van der Waals surface area contributed by atoms with Crippen molar-refractivity contribution in [1.29, 1.82) is 0 Å². The van der Waals surface area contributed by atoms with Crippen molar-refractivity contribution in [1.82, 2.24) is 19.8 Å². The van der Waals surface area contributed by atoms with E-state index < -0.39 is 5.79 Å². The second-order valence-corrected chi connectivity index (χ2v) is 10.3. The van der Waals surface area contributed by atoms with Crippen LogP contribution in [0.15, 0.2) is 35.5 Å². The molecular formula is C24H30ClN5O3S. The highest BCUT2D eigenvalue weighted by Gasteiger charge is 2.40. The van der Waals surface area contributed by atoms with Crippen LogP contribution in [-0.4, -0.2) is 91.0 Å². The molecule has 3 saturated heterocycles. The lowest BCUT2D eigenvalue weighted by atomic mass is 10.0. The van der Waals surface area contributed by atoms with E-state index in [1.165, 1.54) is 0 Å². The lowest BCUT2D eigenvalue weighted by molar-refractivity contribution is -0.181. The summed E-state index contributed by atoms with van der Waals surface area (Å²) in [5.74, 6) is 1.18. The minimum atomic E-state index is -0.468. The number of likely N-dealkylation sites (N-methyl/N-ethyl adjacent to an activating group) is 1. The Kier molecular flexibility index (Phi) is 7.27. The van der Waals surface area contributed by atoms with Gasteiger partial charge in [-0.15, -0.1) is 0 Å². The highest BCUT2D eigenvalue weighted by molar-refractivity contribution is 7.98. The van der Waals surface area contributed by atoms with E-state index in [0.29, 0.717) is 47.9 Å². The fraction of sp³-hybridized carbons (Fsp3) is 0.542. The Labute approximate surface area is 209 Å². The van der Waals surface area contributed by atoms with Crippen LogP contribution in [0.4, 0.5) is 5.82 Å². The molecule has 0 unspecified atom stereocenters. The fourth-order valence-electron chi connectivity index (χ4n) is 4.56. The zero-order valence-corrected chi connectivity index (χ0v) is 21.0. The number of hydrogen-bond acceptors (Lipinski definition) is 8. The van der Waals surface area contributed by atoms with Gasteiger partial charge in [-0.3, -0.25) is 4.79 Å². The maximum absolute atomic E-state index is 12.9. The number of hydrogen-bond donors (Lipinski definition) is 0. The summed E-state index contributed by atoms with van der Waals surface area (Å²) in [6, 6.07) is 9.64. The number of carbonyl (C=O) groups excluding carboxylic acids is 1. The van der Waals surface area contributed by atoms with E-state index >= 15 is 0 Å². The first-order valence-corrected chi connectivity index (χ1v) is 13.1. The molecule has 0 aliphatic carbocycles. The summed E-state index contributed by atoms with van der Waals surface area (Å²) >= 11 is 7.84. The van der Waals surface area contributed by atoms with Crippen molar-refractivity contribution in [3.05, 3.63) is 46.6 Å². The first-order valence-electron chi connectivity index (χ1n) is 11.8. The number of halogens is 1. The van der Waals surface area contributed by atoms with E-state index in [-0.39, 0.29) is 5.91 Å². The lowest BCUT2D eigenvalue weighted by Gasteiger charge is -2.37. The quantitative estimate of drug-likeness (QED) is 0.350. The zero-order chi connectivity index (χ0) is 23.5. The molecule has 2 aromatic rings. The molecule has 34 heavy (non-hydrogen) atoms. The molecule has 5 rings (SSSR count). The van der Waals surface area contributed by atoms with Crippen molar-refractivity contribution in [2.45, 2.75) is 29.5 Å². The molecule has 8 nitrogen and oxygen atoms in total. The number of nitrogens with zero attached hydrogens (tertiary/aromatic N) is 5. The van der Waals surface area contributed by atoms with Gasteiger partial charge < -0.3 is 24.2 Å². The van der Waals surface area contributed by atoms with Gasteiger partial charge in [-0.1, -0.05) is 35.5 Å². The van der Waals surface area contributed by atoms with E-state index in [2.05, 4.69) is 21.8 Å². The van der Waals surface area contributed by atoms with Crippen LogP contribution >= 0.6 is 23.4 Å². The summed E-state index contributed by atoms with van der Waals surface area (Å²) in [5, 5.41) is 1.13. The first-order chi connectivity index (χ1) is 16.5. The van der Waals surface area contributed by atoms with Gasteiger partial charge in [0.25, 0.3) is 5.91 Å². The van der Waals surface area contributed by atoms with Crippen LogP contribution in [-0.2, 0) is 15.2 Å². The average Bonchev–Trinajstić information content (AvgIpc) is 3.31. The maximum atomic E-state index is 12.9. The van der Waals surface area contributed by atoms with Crippen LogP contribution < -0.4 is 4.90 Å². The normalized spacial score (nSPS) is 20.8. The van der Waals surface area contributed by atoms with E-state index in [9.17, 15) is 4.79 Å². The van der Waals surface area contributed by atoms with Gasteiger partial charge in [0.05, 0.1) is 13.2 Å². The Morgan fingerprint density at radius 2 is 1.71 bits per heavy atom. The molecule has 0 saturated carbocycles. The number of benzene rings is 1. The van der Waals surface area contributed by atoms with Gasteiger partial charge in [-0.05, 0) is 24.7 Å². The maximum Gasteiger partial charge on any atom is 0.253 e. The summed E-state index contributed by atoms with van der Waals surface area (Å²) in [4.78, 5) is 28.5. The van der Waals surface area contributed by atoms with E-state index in [4.69, 9.17) is 26.1 Å². The van der Waals surface area contributed by atoms with Gasteiger partial charge in [0.1, 0.15) is 11.0 Å². The second kappa shape index (κ2) is 10.4. The van der Waals surface area contributed by atoms with Crippen molar-refractivity contribution in [3.63, 3.8) is 0 Å². The van der Waals surface area contributed by atoms with Gasteiger partial charge in [0.2, 0.25) is 0 Å². The SMILES string of the molecule is CN1CCN(c2cc(Cl)nc(SCc3ccc(C(=O)N4CCC5(CC4)OCCO5)cc3)n2)CC1. The number of piperazine rings is 1. The standard InChI is InChI=1S/C24H30ClN5O3S/c1-28-10-12-29(13-11-28)21-16-20(25)26-23(27-21)34-17-18-2-4-19(5-3-18)22(31)30-8-6-24(7-9-30)32-14-15-33-24/h2-5,16H,6-15,17H2,1H3. The van der Waals surface area contributed by atoms with E-state index in [0.717, 1.165) is 50.4 Å². The zero-order valence-electron chi connectivity index (χ0n) is 19.4. The molecule has 4 heterocycles. The third-order valence-corrected chi connectivity index (χ3v) is 7.80. The molecule has 0 atom stereocenters. The molecule has 10 heteroatoms. The number of carbonyl (C=O) groups is 1. The highest BCUT2D eigenvalue weighted by atomic mass is 35.5. The number of aromatic nitrogens is 2. The van der Waals surface area contributed by atoms with Crippen LogP contribution in [0.1, 0.15) is 28.8 Å². The fourth-order valence-corrected chi connectivity index (χ4v) is 5.59. The van der Waals surface area contributed by atoms with Gasteiger partial charge >= 0.3 is 0 Å². The molecular weight excluding hydrogens is 474 g/mol. The van der Waals surface area contributed by atoms with Crippen molar-refractivity contribution < 1.29 is 14.3 Å². The minimum absolute atomic E-state index is 0.0574. The van der Waals surface area contributed by atoms with Crippen molar-refractivity contribution in [2.24, 2.45) is 0 Å². The Morgan fingerprint density at radius 1 is 1.03 bits per heavy atom. The van der Waals surface area contributed by atoms with Crippen molar-refractivity contribution in [2.75, 3.05) is 64.4 Å². The Bertz CT molecular complexity index is 1000. The summed E-state index contributed by atoms with van der Waals surface area (Å²) in [5.41, 5.74) is 1.81. The number of amides is 1. The smallest absolute Gasteiger partial charge is 0.253 e. The highest BCUT2D eigenvalue weighted by Crippen LogP contribution is 2.32. The second-order valence-electron chi connectivity index (χ2n) is 9.01. The number of thioether (sulfide) groups is 1. The number of ether oxygens (including phenoxy) is 2. The van der Waals surface area contributed by atoms with Crippen molar-refractivity contribution >= 4 is 35.1 Å². The number of piperidine rings is 1. The van der Waals surface area contributed by atoms with Gasteiger partial charge in [-0.2, -0.15) is 0 Å². The summed E-state index contributed by atoms with van der Waals surface area (Å²) in [7, 11) is 2.13. The lowest BCUT2D eigenvalue weighted by Crippen LogP contribution is -2.47. The molecule has 3 fully saturated rings. The van der Waals surface area contributed by atoms with Crippen LogP contribution in [0, 0.1) is 0 Å². The number of anilines is 1. The Hall–Kier alpha value is -1.91. The summed E-state index contributed by atoms with van der Waals surface area (Å²) in [6.07, 6.45) is 1.45. The minimum Gasteiger partial charge on any atom is -0.354 e. The third-order valence-electron chi connectivity index (χ3n) is 6.68. The molecule has 0 radical (unpaired) electrons. The van der Waals surface area contributed by atoms with E-state index in [1.807, 2.05) is 35.2 Å². The van der Waals surface area contributed by atoms with Gasteiger partial charge in [-0.25, -0.2) is 9.97 Å². The van der Waals surface area contributed by atoms with Crippen LogP contribution in [0.3, 0.4) is 0 Å². The number of rotatable bonds is 5. The molecule has 1 amide bonds. The summed E-state index contributed by atoms with van der Waals surface area (Å²) in [6.45, 7) is 6.47. The number of likely N-dealkylation sites (tertiary alicyclic amines) is 1. The topological polar surface area (TPSA) is 71.0 Å². The summed E-state index contributed by atoms with van der Waals surface area (Å²) < 4.78 is 11.5. The third kappa shape index (κ3) is 5.49. The molecule has 3 aliphatic rings. The monoisotopic (exact) mass is 503 g/mol. The van der Waals surface area contributed by atoms with Gasteiger partial charge in [0.15, 0.2) is 10.9 Å². The molecule has 1 aromatic carbocycles. The largest absolute Gasteiger partial charge is 0.354 e. The molecule has 1 spiro atoms. The van der Waals surface area contributed by atoms with Crippen LogP contribution in [0.2, 0.25) is 5.15 Å². The van der Waals surface area contributed by atoms with Gasteiger partial charge in [0, 0.05) is 69.5 Å². The Morgan fingerprint density at radius 3 is 2.38 bits per heavy atom. The van der Waals surface area contributed by atoms with Crippen LogP contribution in [0.25, 0.3) is 0 Å².